The maximum Gasteiger partial charge on any atom is 0.237 e. The summed E-state index contributed by atoms with van der Waals surface area (Å²) in [6.45, 7) is 6.01. The fraction of sp³-hybridized carbons (Fsp3) is 0.467. The van der Waals surface area contributed by atoms with Gasteiger partial charge in [0, 0.05) is 12.1 Å². The Bertz CT molecular complexity index is 491. The molecule has 0 bridgehead atoms. The van der Waals surface area contributed by atoms with E-state index in [1.165, 1.54) is 0 Å². The van der Waals surface area contributed by atoms with Gasteiger partial charge in [-0.05, 0) is 31.9 Å². The number of hydrogen-bond acceptors (Lipinski definition) is 2. The first kappa shape index (κ1) is 12.8. The highest BCUT2D eigenvalue weighted by molar-refractivity contribution is 6.10. The van der Waals surface area contributed by atoms with Crippen molar-refractivity contribution in [1.82, 2.24) is 0 Å². The largest absolute Gasteiger partial charge is 0.304 e. The fourth-order valence-corrected chi connectivity index (χ4v) is 2.49. The monoisotopic (exact) mass is 245 g/mol. The molecule has 2 rings (SSSR count). The van der Waals surface area contributed by atoms with Gasteiger partial charge in [-0.2, -0.15) is 0 Å². The Morgan fingerprint density at radius 3 is 2.61 bits per heavy atom. The number of nitrogens with zero attached hydrogens (tertiary/aromatic N) is 1. The molecule has 0 saturated heterocycles. The van der Waals surface area contributed by atoms with E-state index in [1.54, 1.807) is 4.90 Å². The van der Waals surface area contributed by atoms with Gasteiger partial charge in [-0.1, -0.05) is 25.1 Å². The van der Waals surface area contributed by atoms with Gasteiger partial charge >= 0.3 is 0 Å². The molecule has 0 atom stereocenters. The molecule has 0 unspecified atom stereocenters. The van der Waals surface area contributed by atoms with E-state index in [0.29, 0.717) is 6.42 Å². The van der Waals surface area contributed by atoms with Crippen LogP contribution in [0.3, 0.4) is 0 Å². The van der Waals surface area contributed by atoms with Crippen LogP contribution in [0.2, 0.25) is 0 Å². The van der Waals surface area contributed by atoms with Crippen LogP contribution in [-0.2, 0) is 15.0 Å². The van der Waals surface area contributed by atoms with Gasteiger partial charge in [-0.15, -0.1) is 0 Å². The van der Waals surface area contributed by atoms with Crippen molar-refractivity contribution >= 4 is 17.4 Å². The van der Waals surface area contributed by atoms with Crippen molar-refractivity contribution < 1.29 is 9.59 Å². The van der Waals surface area contributed by atoms with Gasteiger partial charge in [-0.3, -0.25) is 9.59 Å². The first-order valence-corrected chi connectivity index (χ1v) is 6.41. The molecule has 0 saturated carbocycles. The molecule has 1 aliphatic rings. The van der Waals surface area contributed by atoms with Crippen LogP contribution in [-0.4, -0.2) is 18.2 Å². The number of hydrogen-bond donors (Lipinski definition) is 0. The third-order valence-electron chi connectivity index (χ3n) is 3.51. The Hall–Kier alpha value is -1.64. The summed E-state index contributed by atoms with van der Waals surface area (Å²) in [5.74, 6) is 0.145. The zero-order valence-corrected chi connectivity index (χ0v) is 11.2. The number of Topliss-reactive ketones (excluding diaryl/α,β-unsaturated/α-hetero) is 1. The Labute approximate surface area is 108 Å². The SMILES string of the molecule is CCCC(=O)CN1C(=O)C(C)(C)c2ccccc21. The first-order valence-electron chi connectivity index (χ1n) is 6.41. The summed E-state index contributed by atoms with van der Waals surface area (Å²) >= 11 is 0. The second-order valence-corrected chi connectivity index (χ2v) is 5.32. The Kier molecular flexibility index (Phi) is 3.24. The smallest absolute Gasteiger partial charge is 0.237 e. The van der Waals surface area contributed by atoms with Crippen LogP contribution >= 0.6 is 0 Å². The predicted molar refractivity (Wildman–Crippen MR) is 71.7 cm³/mol. The third kappa shape index (κ3) is 1.94. The summed E-state index contributed by atoms with van der Waals surface area (Å²) in [7, 11) is 0. The number of ketones is 1. The molecule has 96 valence electrons. The second kappa shape index (κ2) is 4.56. The lowest BCUT2D eigenvalue weighted by Crippen LogP contribution is -2.39. The second-order valence-electron chi connectivity index (χ2n) is 5.32. The Balaban J connectivity index is 2.33. The van der Waals surface area contributed by atoms with Gasteiger partial charge in [0.1, 0.15) is 0 Å². The number of carbonyl (C=O) groups is 2. The highest BCUT2D eigenvalue weighted by Crippen LogP contribution is 2.41. The van der Waals surface area contributed by atoms with Crippen molar-refractivity contribution in [2.75, 3.05) is 11.4 Å². The van der Waals surface area contributed by atoms with Gasteiger partial charge in [0.2, 0.25) is 5.91 Å². The number of carbonyl (C=O) groups excluding carboxylic acids is 2. The molecule has 0 spiro atoms. The van der Waals surface area contributed by atoms with Crippen molar-refractivity contribution in [3.63, 3.8) is 0 Å². The van der Waals surface area contributed by atoms with E-state index >= 15 is 0 Å². The van der Waals surface area contributed by atoms with Crippen LogP contribution in [0.1, 0.15) is 39.2 Å². The quantitative estimate of drug-likeness (QED) is 0.817. The highest BCUT2D eigenvalue weighted by Gasteiger charge is 2.43. The van der Waals surface area contributed by atoms with Crippen LogP contribution in [0.4, 0.5) is 5.69 Å². The van der Waals surface area contributed by atoms with E-state index in [0.717, 1.165) is 17.7 Å². The minimum absolute atomic E-state index is 0.0214. The minimum atomic E-state index is -0.525. The molecule has 0 N–H and O–H groups in total. The van der Waals surface area contributed by atoms with Crippen molar-refractivity contribution in [1.29, 1.82) is 0 Å². The number of anilines is 1. The van der Waals surface area contributed by atoms with Crippen molar-refractivity contribution in [3.8, 4) is 0 Å². The van der Waals surface area contributed by atoms with Gasteiger partial charge in [-0.25, -0.2) is 0 Å². The topological polar surface area (TPSA) is 37.4 Å². The molecular formula is C15H19NO2. The van der Waals surface area contributed by atoms with Gasteiger partial charge in [0.05, 0.1) is 12.0 Å². The average molecular weight is 245 g/mol. The minimum Gasteiger partial charge on any atom is -0.304 e. The summed E-state index contributed by atoms with van der Waals surface area (Å²) in [6, 6.07) is 7.73. The van der Waals surface area contributed by atoms with E-state index in [4.69, 9.17) is 0 Å². The predicted octanol–water partition coefficient (Wildman–Crippen LogP) is 2.68. The number of amides is 1. The normalized spacial score (nSPS) is 16.8. The lowest BCUT2D eigenvalue weighted by molar-refractivity contribution is -0.124. The molecule has 1 aromatic rings. The van der Waals surface area contributed by atoms with Gasteiger partial charge < -0.3 is 4.90 Å². The lowest BCUT2D eigenvalue weighted by Gasteiger charge is -2.19. The molecule has 1 heterocycles. The van der Waals surface area contributed by atoms with E-state index < -0.39 is 5.41 Å². The Morgan fingerprint density at radius 1 is 1.28 bits per heavy atom. The summed E-state index contributed by atoms with van der Waals surface area (Å²) in [6.07, 6.45) is 1.36. The van der Waals surface area contributed by atoms with Crippen LogP contribution in [0, 0.1) is 0 Å². The van der Waals surface area contributed by atoms with Gasteiger partial charge in [0.25, 0.3) is 0 Å². The van der Waals surface area contributed by atoms with Crippen molar-refractivity contribution in [2.24, 2.45) is 0 Å². The van der Waals surface area contributed by atoms with E-state index in [2.05, 4.69) is 0 Å². The molecule has 1 amide bonds. The third-order valence-corrected chi connectivity index (χ3v) is 3.51. The summed E-state index contributed by atoms with van der Waals surface area (Å²) in [4.78, 5) is 25.8. The first-order chi connectivity index (χ1) is 8.48. The van der Waals surface area contributed by atoms with Crippen molar-refractivity contribution in [2.45, 2.75) is 39.0 Å². The molecule has 3 nitrogen and oxygen atoms in total. The zero-order chi connectivity index (χ0) is 13.3. The maximum absolute atomic E-state index is 12.4. The number of benzene rings is 1. The number of fused-ring (bicyclic) bond motifs is 1. The van der Waals surface area contributed by atoms with E-state index in [-0.39, 0.29) is 18.2 Å². The molecule has 0 fully saturated rings. The standard InChI is InChI=1S/C15H19NO2/c1-4-7-11(17)10-16-13-9-6-5-8-12(13)15(2,3)14(16)18/h5-6,8-9H,4,7,10H2,1-3H3. The average Bonchev–Trinajstić information content (AvgIpc) is 2.52. The van der Waals surface area contributed by atoms with Crippen LogP contribution < -0.4 is 4.90 Å². The van der Waals surface area contributed by atoms with E-state index in [1.807, 2.05) is 45.0 Å². The fourth-order valence-electron chi connectivity index (χ4n) is 2.49. The zero-order valence-electron chi connectivity index (χ0n) is 11.2. The summed E-state index contributed by atoms with van der Waals surface area (Å²) in [5, 5.41) is 0. The molecule has 0 aromatic heterocycles. The molecular weight excluding hydrogens is 226 g/mol. The molecule has 0 radical (unpaired) electrons. The molecule has 18 heavy (non-hydrogen) atoms. The number of para-hydroxylation sites is 1. The van der Waals surface area contributed by atoms with Crippen LogP contribution in [0.25, 0.3) is 0 Å². The highest BCUT2D eigenvalue weighted by atomic mass is 16.2. The molecule has 3 heteroatoms. The molecule has 0 aliphatic carbocycles. The summed E-state index contributed by atoms with van der Waals surface area (Å²) in [5.41, 5.74) is 1.37. The van der Waals surface area contributed by atoms with E-state index in [9.17, 15) is 9.59 Å². The van der Waals surface area contributed by atoms with Gasteiger partial charge in [0.15, 0.2) is 5.78 Å². The molecule has 1 aliphatic heterocycles. The Morgan fingerprint density at radius 2 is 1.94 bits per heavy atom. The molecule has 1 aromatic carbocycles. The summed E-state index contributed by atoms with van der Waals surface area (Å²) < 4.78 is 0. The maximum atomic E-state index is 12.4. The van der Waals surface area contributed by atoms with Crippen LogP contribution in [0.5, 0.6) is 0 Å². The van der Waals surface area contributed by atoms with Crippen molar-refractivity contribution in [3.05, 3.63) is 29.8 Å². The van der Waals surface area contributed by atoms with Crippen LogP contribution in [0.15, 0.2) is 24.3 Å². The lowest BCUT2D eigenvalue weighted by atomic mass is 9.86. The number of rotatable bonds is 4.